The lowest BCUT2D eigenvalue weighted by molar-refractivity contribution is 0.607. The van der Waals surface area contributed by atoms with Crippen molar-refractivity contribution in [2.24, 2.45) is 5.84 Å². The molecule has 68 valence electrons. The van der Waals surface area contributed by atoms with Gasteiger partial charge in [0.2, 0.25) is 11.5 Å². The monoisotopic (exact) mass is 180 g/mol. The summed E-state index contributed by atoms with van der Waals surface area (Å²) in [6, 6.07) is 0. The molecule has 2 aromatic heterocycles. The van der Waals surface area contributed by atoms with Gasteiger partial charge in [-0.3, -0.25) is 15.2 Å². The van der Waals surface area contributed by atoms with E-state index in [0.29, 0.717) is 5.52 Å². The average molecular weight is 180 g/mol. The first-order valence-electron chi connectivity index (χ1n) is 3.67. The van der Waals surface area contributed by atoms with Crippen LogP contribution >= 0.6 is 0 Å². The molecule has 4 N–H and O–H groups in total. The van der Waals surface area contributed by atoms with Gasteiger partial charge in [0.1, 0.15) is 5.52 Å². The smallest absolute Gasteiger partial charge is 0.295 e. The standard InChI is InChI=1S/C7H8N4O2/c1-3-2-13-5-4(3)9-7(11-8)10-6(5)12/h2H,8H2,1H3,(H2,9,10,11,12). The van der Waals surface area contributed by atoms with Crippen molar-refractivity contribution >= 4 is 17.0 Å². The number of nitrogens with one attached hydrogen (secondary N) is 2. The predicted molar refractivity (Wildman–Crippen MR) is 47.2 cm³/mol. The van der Waals surface area contributed by atoms with Crippen LogP contribution in [0.3, 0.4) is 0 Å². The summed E-state index contributed by atoms with van der Waals surface area (Å²) in [5.41, 5.74) is 3.47. The Bertz CT molecular complexity index is 499. The molecule has 0 saturated carbocycles. The highest BCUT2D eigenvalue weighted by Crippen LogP contribution is 2.14. The van der Waals surface area contributed by atoms with Gasteiger partial charge >= 0.3 is 0 Å². The molecule has 0 saturated heterocycles. The lowest BCUT2D eigenvalue weighted by atomic mass is 10.3. The van der Waals surface area contributed by atoms with Crippen LogP contribution in [-0.4, -0.2) is 9.97 Å². The fourth-order valence-corrected chi connectivity index (χ4v) is 1.11. The highest BCUT2D eigenvalue weighted by atomic mass is 16.3. The van der Waals surface area contributed by atoms with Gasteiger partial charge in [0.15, 0.2) is 0 Å². The van der Waals surface area contributed by atoms with E-state index < -0.39 is 0 Å². The summed E-state index contributed by atoms with van der Waals surface area (Å²) < 4.78 is 5.00. The van der Waals surface area contributed by atoms with Gasteiger partial charge in [-0.25, -0.2) is 10.8 Å². The van der Waals surface area contributed by atoms with E-state index in [1.165, 1.54) is 6.26 Å². The number of hydrazine groups is 1. The van der Waals surface area contributed by atoms with Crippen LogP contribution in [0.5, 0.6) is 0 Å². The first-order valence-corrected chi connectivity index (χ1v) is 3.67. The molecule has 0 radical (unpaired) electrons. The summed E-state index contributed by atoms with van der Waals surface area (Å²) in [5, 5.41) is 0. The lowest BCUT2D eigenvalue weighted by Gasteiger charge is -1.96. The zero-order chi connectivity index (χ0) is 9.42. The molecule has 0 aliphatic heterocycles. The summed E-state index contributed by atoms with van der Waals surface area (Å²) >= 11 is 0. The van der Waals surface area contributed by atoms with Crippen LogP contribution in [0.2, 0.25) is 0 Å². The van der Waals surface area contributed by atoms with Crippen LogP contribution in [0, 0.1) is 6.92 Å². The Hall–Kier alpha value is -1.82. The van der Waals surface area contributed by atoms with Crippen molar-refractivity contribution < 1.29 is 4.42 Å². The quantitative estimate of drug-likeness (QED) is 0.427. The van der Waals surface area contributed by atoms with Crippen molar-refractivity contribution in [1.29, 1.82) is 0 Å². The number of anilines is 1. The van der Waals surface area contributed by atoms with Crippen molar-refractivity contribution in [3.8, 4) is 0 Å². The molecule has 0 aromatic carbocycles. The molecule has 0 aliphatic rings. The minimum absolute atomic E-state index is 0.219. The molecule has 0 spiro atoms. The second kappa shape index (κ2) is 2.60. The van der Waals surface area contributed by atoms with Crippen molar-refractivity contribution in [3.63, 3.8) is 0 Å². The average Bonchev–Trinajstić information content (AvgIpc) is 2.48. The summed E-state index contributed by atoms with van der Waals surface area (Å²) in [6.07, 6.45) is 1.48. The van der Waals surface area contributed by atoms with Gasteiger partial charge in [-0.05, 0) is 6.92 Å². The fraction of sp³-hybridized carbons (Fsp3) is 0.143. The normalized spacial score (nSPS) is 10.6. The Morgan fingerprint density at radius 1 is 1.69 bits per heavy atom. The molecular weight excluding hydrogens is 172 g/mol. The minimum atomic E-state index is -0.342. The number of fused-ring (bicyclic) bond motifs is 1. The molecule has 0 amide bonds. The summed E-state index contributed by atoms with van der Waals surface area (Å²) in [4.78, 5) is 17.7. The molecule has 0 atom stereocenters. The van der Waals surface area contributed by atoms with Crippen LogP contribution in [-0.2, 0) is 0 Å². The summed E-state index contributed by atoms with van der Waals surface area (Å²) in [5.74, 6) is 5.34. The number of aryl methyl sites for hydroxylation is 1. The lowest BCUT2D eigenvalue weighted by Crippen LogP contribution is -2.16. The molecule has 6 nitrogen and oxygen atoms in total. The molecule has 2 rings (SSSR count). The van der Waals surface area contributed by atoms with E-state index in [0.717, 1.165) is 5.56 Å². The van der Waals surface area contributed by atoms with E-state index in [9.17, 15) is 4.79 Å². The first kappa shape index (κ1) is 7.81. The Labute approximate surface area is 72.7 Å². The second-order valence-electron chi connectivity index (χ2n) is 2.66. The molecule has 2 aromatic rings. The minimum Gasteiger partial charge on any atom is -0.457 e. The second-order valence-corrected chi connectivity index (χ2v) is 2.66. The first-order chi connectivity index (χ1) is 6.22. The Balaban J connectivity index is 2.88. The summed E-state index contributed by atoms with van der Waals surface area (Å²) in [6.45, 7) is 1.80. The van der Waals surface area contributed by atoms with Crippen molar-refractivity contribution in [2.75, 3.05) is 5.43 Å². The number of aromatic amines is 1. The molecule has 13 heavy (non-hydrogen) atoms. The summed E-state index contributed by atoms with van der Waals surface area (Å²) in [7, 11) is 0. The third-order valence-electron chi connectivity index (χ3n) is 1.74. The Morgan fingerprint density at radius 2 is 2.46 bits per heavy atom. The van der Waals surface area contributed by atoms with E-state index in [4.69, 9.17) is 10.3 Å². The largest absolute Gasteiger partial charge is 0.457 e. The number of furan rings is 1. The number of nitrogen functional groups attached to an aromatic ring is 1. The molecule has 0 aliphatic carbocycles. The molecule has 2 heterocycles. The van der Waals surface area contributed by atoms with E-state index in [1.54, 1.807) is 6.92 Å². The van der Waals surface area contributed by atoms with Gasteiger partial charge in [-0.2, -0.15) is 0 Å². The molecule has 0 bridgehead atoms. The van der Waals surface area contributed by atoms with Crippen LogP contribution in [0.15, 0.2) is 15.5 Å². The van der Waals surface area contributed by atoms with Gasteiger partial charge in [0.25, 0.3) is 5.56 Å². The zero-order valence-corrected chi connectivity index (χ0v) is 6.92. The van der Waals surface area contributed by atoms with Crippen LogP contribution in [0.25, 0.3) is 11.1 Å². The van der Waals surface area contributed by atoms with Gasteiger partial charge in [0.05, 0.1) is 6.26 Å². The Morgan fingerprint density at radius 3 is 3.15 bits per heavy atom. The van der Waals surface area contributed by atoms with Crippen LogP contribution in [0.1, 0.15) is 5.56 Å². The van der Waals surface area contributed by atoms with E-state index in [2.05, 4.69) is 15.4 Å². The van der Waals surface area contributed by atoms with Crippen molar-refractivity contribution in [1.82, 2.24) is 9.97 Å². The number of rotatable bonds is 1. The number of H-pyrrole nitrogens is 1. The van der Waals surface area contributed by atoms with Gasteiger partial charge in [-0.15, -0.1) is 0 Å². The highest BCUT2D eigenvalue weighted by Gasteiger charge is 2.08. The maximum atomic E-state index is 11.3. The molecule has 0 fully saturated rings. The van der Waals surface area contributed by atoms with E-state index in [-0.39, 0.29) is 17.1 Å². The number of aromatic nitrogens is 2. The highest BCUT2D eigenvalue weighted by molar-refractivity contribution is 5.76. The van der Waals surface area contributed by atoms with Crippen molar-refractivity contribution in [3.05, 3.63) is 22.2 Å². The zero-order valence-electron chi connectivity index (χ0n) is 6.92. The predicted octanol–water partition coefficient (Wildman–Crippen LogP) is 0.110. The molecule has 0 unspecified atom stereocenters. The van der Waals surface area contributed by atoms with Crippen molar-refractivity contribution in [2.45, 2.75) is 6.92 Å². The number of nitrogens with two attached hydrogens (primary N) is 1. The number of hydrogen-bond donors (Lipinski definition) is 3. The molecule has 6 heteroatoms. The maximum Gasteiger partial charge on any atom is 0.295 e. The van der Waals surface area contributed by atoms with Crippen LogP contribution < -0.4 is 16.8 Å². The van der Waals surface area contributed by atoms with Crippen LogP contribution in [0.4, 0.5) is 5.95 Å². The molecular formula is C7H8N4O2. The SMILES string of the molecule is Cc1coc2c(=O)[nH]c(NN)nc12. The number of nitrogens with zero attached hydrogens (tertiary/aromatic N) is 1. The number of hydrogen-bond acceptors (Lipinski definition) is 5. The maximum absolute atomic E-state index is 11.3. The fourth-order valence-electron chi connectivity index (χ4n) is 1.11. The third kappa shape index (κ3) is 1.07. The van der Waals surface area contributed by atoms with Gasteiger partial charge in [0, 0.05) is 5.56 Å². The van der Waals surface area contributed by atoms with E-state index in [1.807, 2.05) is 0 Å². The Kier molecular flexibility index (Phi) is 1.56. The van der Waals surface area contributed by atoms with E-state index >= 15 is 0 Å². The van der Waals surface area contributed by atoms with Gasteiger partial charge < -0.3 is 4.42 Å². The third-order valence-corrected chi connectivity index (χ3v) is 1.74. The topological polar surface area (TPSA) is 96.9 Å². The van der Waals surface area contributed by atoms with Gasteiger partial charge in [-0.1, -0.05) is 0 Å².